The fraction of sp³-hybridized carbons (Fsp3) is 0.816. The van der Waals surface area contributed by atoms with E-state index in [1.54, 1.807) is 4.90 Å². The molecular formula is C38H58N2O5. The first-order valence-electron chi connectivity index (χ1n) is 17.5. The summed E-state index contributed by atoms with van der Waals surface area (Å²) in [6.07, 6.45) is 11.6. The fourth-order valence-electron chi connectivity index (χ4n) is 11.7. The zero-order valence-corrected chi connectivity index (χ0v) is 29.6. The number of ether oxygens (including phenoxy) is 1. The van der Waals surface area contributed by atoms with E-state index in [1.165, 1.54) is 11.1 Å². The van der Waals surface area contributed by atoms with Crippen molar-refractivity contribution in [1.82, 2.24) is 10.1 Å². The minimum absolute atomic E-state index is 0.0999. The van der Waals surface area contributed by atoms with Crippen LogP contribution in [-0.4, -0.2) is 52.3 Å². The van der Waals surface area contributed by atoms with E-state index in [2.05, 4.69) is 59.7 Å². The van der Waals surface area contributed by atoms with E-state index >= 15 is 0 Å². The van der Waals surface area contributed by atoms with Crippen LogP contribution in [0.2, 0.25) is 0 Å². The standard InChI is InChI=1S/C38H58N2O5/c1-32(2,3)44-31(43)40(17-18-41)23-38-15-13-33(4,5)21-25(38)29-26(42)19-28-35(8)20-24-22-39-45-30(24)34(6,7)27(35)11-12-36(28,9)37(29,10)14-16-38/h19,22,25,27,29,41H,11-18,20-21,23H2,1-10H3/t25-,27-,29-,35-,36+,37+,38+/m0/s1. The van der Waals surface area contributed by atoms with Gasteiger partial charge in [0, 0.05) is 30.0 Å². The largest absolute Gasteiger partial charge is 0.444 e. The van der Waals surface area contributed by atoms with Crippen molar-refractivity contribution in [1.29, 1.82) is 0 Å². The van der Waals surface area contributed by atoms with E-state index in [1.807, 2.05) is 27.0 Å². The number of hydrogen-bond donors (Lipinski definition) is 1. The summed E-state index contributed by atoms with van der Waals surface area (Å²) in [6, 6.07) is 0. The van der Waals surface area contributed by atoms with E-state index in [0.29, 0.717) is 18.2 Å². The summed E-state index contributed by atoms with van der Waals surface area (Å²) < 4.78 is 11.7. The maximum Gasteiger partial charge on any atom is 0.410 e. The first kappa shape index (κ1) is 32.8. The molecule has 5 aliphatic rings. The van der Waals surface area contributed by atoms with Crippen LogP contribution < -0.4 is 0 Å². The second-order valence-corrected chi connectivity index (χ2v) is 18.7. The van der Waals surface area contributed by atoms with Gasteiger partial charge in [-0.15, -0.1) is 0 Å². The number of fused-ring (bicyclic) bond motifs is 8. The Morgan fingerprint density at radius 1 is 1.07 bits per heavy atom. The van der Waals surface area contributed by atoms with Crippen LogP contribution >= 0.6 is 0 Å². The van der Waals surface area contributed by atoms with E-state index in [0.717, 1.165) is 57.1 Å². The number of allylic oxidation sites excluding steroid dienone is 2. The normalized spacial score (nSPS) is 39.8. The van der Waals surface area contributed by atoms with Gasteiger partial charge in [-0.3, -0.25) is 4.79 Å². The van der Waals surface area contributed by atoms with Gasteiger partial charge in [-0.1, -0.05) is 59.2 Å². The average molecular weight is 623 g/mol. The Balaban J connectivity index is 1.42. The van der Waals surface area contributed by atoms with Gasteiger partial charge in [-0.25, -0.2) is 4.79 Å². The number of nitrogens with zero attached hydrogens (tertiary/aromatic N) is 2. The molecule has 7 nitrogen and oxygen atoms in total. The van der Waals surface area contributed by atoms with Gasteiger partial charge in [0.25, 0.3) is 0 Å². The summed E-state index contributed by atoms with van der Waals surface area (Å²) in [6.45, 7) is 23.0. The third-order valence-corrected chi connectivity index (χ3v) is 14.0. The lowest BCUT2D eigenvalue weighted by atomic mass is 9.34. The van der Waals surface area contributed by atoms with Crippen molar-refractivity contribution in [3.8, 4) is 0 Å². The van der Waals surface area contributed by atoms with Crippen molar-refractivity contribution < 1.29 is 24.0 Å². The van der Waals surface area contributed by atoms with Crippen molar-refractivity contribution in [3.05, 3.63) is 29.2 Å². The summed E-state index contributed by atoms with van der Waals surface area (Å²) >= 11 is 0. The van der Waals surface area contributed by atoms with Gasteiger partial charge in [-0.2, -0.15) is 0 Å². The molecule has 0 spiro atoms. The molecule has 1 amide bonds. The zero-order valence-electron chi connectivity index (χ0n) is 29.6. The lowest BCUT2D eigenvalue weighted by Gasteiger charge is -2.70. The minimum Gasteiger partial charge on any atom is -0.444 e. The van der Waals surface area contributed by atoms with Crippen molar-refractivity contribution in [2.45, 2.75) is 132 Å². The van der Waals surface area contributed by atoms with Gasteiger partial charge in [0.2, 0.25) is 0 Å². The summed E-state index contributed by atoms with van der Waals surface area (Å²) in [5.74, 6) is 1.74. The summed E-state index contributed by atoms with van der Waals surface area (Å²) in [5, 5.41) is 14.2. The minimum atomic E-state index is -0.618. The van der Waals surface area contributed by atoms with Crippen LogP contribution in [0.3, 0.4) is 0 Å². The Bertz CT molecular complexity index is 1400. The highest BCUT2D eigenvalue weighted by molar-refractivity contribution is 5.95. The first-order valence-corrected chi connectivity index (χ1v) is 17.5. The number of carbonyl (C=O) groups excluding carboxylic acids is 2. The van der Waals surface area contributed by atoms with E-state index in [-0.39, 0.29) is 63.6 Å². The number of hydrogen-bond acceptors (Lipinski definition) is 6. The average Bonchev–Trinajstić information content (AvgIpc) is 3.38. The van der Waals surface area contributed by atoms with Crippen LogP contribution in [-0.2, 0) is 21.4 Å². The molecular weight excluding hydrogens is 564 g/mol. The predicted molar refractivity (Wildman–Crippen MR) is 175 cm³/mol. The van der Waals surface area contributed by atoms with Crippen LogP contribution in [0.5, 0.6) is 0 Å². The molecule has 3 saturated carbocycles. The molecule has 0 bridgehead atoms. The zero-order chi connectivity index (χ0) is 33.0. The Morgan fingerprint density at radius 2 is 1.76 bits per heavy atom. The molecule has 250 valence electrons. The van der Waals surface area contributed by atoms with E-state index in [4.69, 9.17) is 9.26 Å². The van der Waals surface area contributed by atoms with Gasteiger partial charge in [0.15, 0.2) is 5.78 Å². The van der Waals surface area contributed by atoms with Crippen molar-refractivity contribution in [3.63, 3.8) is 0 Å². The molecule has 1 aromatic heterocycles. The Morgan fingerprint density at radius 3 is 2.42 bits per heavy atom. The number of rotatable bonds is 4. The molecule has 1 N–H and O–H groups in total. The van der Waals surface area contributed by atoms with Gasteiger partial charge >= 0.3 is 6.09 Å². The number of aliphatic hydroxyl groups is 1. The monoisotopic (exact) mass is 622 g/mol. The highest BCUT2D eigenvalue weighted by atomic mass is 16.6. The van der Waals surface area contributed by atoms with Gasteiger partial charge in [-0.05, 0) is 117 Å². The fourth-order valence-corrected chi connectivity index (χ4v) is 11.7. The van der Waals surface area contributed by atoms with Crippen molar-refractivity contribution in [2.24, 2.45) is 44.8 Å². The molecule has 7 heteroatoms. The maximum atomic E-state index is 14.9. The van der Waals surface area contributed by atoms with Crippen molar-refractivity contribution >= 4 is 11.9 Å². The smallest absolute Gasteiger partial charge is 0.410 e. The highest BCUT2D eigenvalue weighted by Gasteiger charge is 2.70. The molecule has 5 aliphatic carbocycles. The molecule has 45 heavy (non-hydrogen) atoms. The maximum absolute atomic E-state index is 14.9. The second-order valence-electron chi connectivity index (χ2n) is 18.7. The molecule has 0 aliphatic heterocycles. The summed E-state index contributed by atoms with van der Waals surface area (Å²) in [7, 11) is 0. The number of amides is 1. The third-order valence-electron chi connectivity index (χ3n) is 14.0. The van der Waals surface area contributed by atoms with Gasteiger partial charge in [0.05, 0.1) is 12.8 Å². The van der Waals surface area contributed by atoms with Crippen LogP contribution in [0.4, 0.5) is 4.79 Å². The number of carbonyl (C=O) groups is 2. The summed E-state index contributed by atoms with van der Waals surface area (Å²) in [5.41, 5.74) is 1.26. The third kappa shape index (κ3) is 4.79. The molecule has 0 saturated heterocycles. The molecule has 1 aromatic rings. The lowest BCUT2D eigenvalue weighted by molar-refractivity contribution is -0.174. The Labute approximate surface area is 270 Å². The van der Waals surface area contributed by atoms with Gasteiger partial charge < -0.3 is 19.3 Å². The topological polar surface area (TPSA) is 92.9 Å². The Kier molecular flexibility index (Phi) is 7.41. The summed E-state index contributed by atoms with van der Waals surface area (Å²) in [4.78, 5) is 30.1. The lowest BCUT2D eigenvalue weighted by Crippen LogP contribution is -2.66. The molecule has 7 atom stereocenters. The molecule has 0 aromatic carbocycles. The number of aromatic nitrogens is 1. The predicted octanol–water partition coefficient (Wildman–Crippen LogP) is 7.90. The first-order chi connectivity index (χ1) is 20.7. The van der Waals surface area contributed by atoms with Crippen LogP contribution in [0.15, 0.2) is 22.4 Å². The quantitative estimate of drug-likeness (QED) is 0.367. The second kappa shape index (κ2) is 10.2. The Hall–Kier alpha value is -2.15. The highest BCUT2D eigenvalue weighted by Crippen LogP contribution is 2.74. The van der Waals surface area contributed by atoms with Crippen molar-refractivity contribution in [2.75, 3.05) is 19.7 Å². The van der Waals surface area contributed by atoms with Crippen LogP contribution in [0.1, 0.15) is 126 Å². The molecule has 0 unspecified atom stereocenters. The number of aliphatic hydroxyl groups excluding tert-OH is 1. The SMILES string of the molecule is CC1(C)CC[C@]2(CN(CCO)C(=O)OC(C)(C)C)CC[C@]3(C)[C@H](C(=O)C=C4[C@@]5(C)Cc6cnoc6C(C)(C)[C@@H]5CC[C@]43C)[C@@H]2C1. The number of ketones is 1. The molecule has 6 rings (SSSR count). The molecule has 1 heterocycles. The van der Waals surface area contributed by atoms with Crippen LogP contribution in [0.25, 0.3) is 0 Å². The molecule has 0 radical (unpaired) electrons. The molecule has 3 fully saturated rings. The van der Waals surface area contributed by atoms with E-state index in [9.17, 15) is 14.7 Å². The van der Waals surface area contributed by atoms with Gasteiger partial charge in [0.1, 0.15) is 11.4 Å². The van der Waals surface area contributed by atoms with Crippen LogP contribution in [0, 0.1) is 44.8 Å². The van der Waals surface area contributed by atoms with E-state index < -0.39 is 5.60 Å².